The van der Waals surface area contributed by atoms with E-state index in [0.29, 0.717) is 11.3 Å². The van der Waals surface area contributed by atoms with Crippen molar-refractivity contribution in [1.29, 1.82) is 0 Å². The standard InChI is InChI=1S/C18H16N2O3/c1-23-18(22)12-5-4-6-14(9-12)20-17(21)10-13-11-19-16-8-3-2-7-15(13)16/h2-9,11,19H,10H2,1H3,(H,20,21). The third kappa shape index (κ3) is 3.23. The maximum Gasteiger partial charge on any atom is 0.337 e. The highest BCUT2D eigenvalue weighted by atomic mass is 16.5. The van der Waals surface area contributed by atoms with E-state index < -0.39 is 5.97 Å². The Morgan fingerprint density at radius 3 is 2.78 bits per heavy atom. The molecule has 0 aliphatic heterocycles. The SMILES string of the molecule is COC(=O)c1cccc(NC(=O)Cc2c[nH]c3ccccc23)c1. The maximum absolute atomic E-state index is 12.2. The highest BCUT2D eigenvalue weighted by Crippen LogP contribution is 2.19. The minimum Gasteiger partial charge on any atom is -0.465 e. The van der Waals surface area contributed by atoms with Crippen LogP contribution in [0.4, 0.5) is 5.69 Å². The number of aromatic nitrogens is 1. The minimum atomic E-state index is -0.433. The number of ether oxygens (including phenoxy) is 1. The molecule has 5 heteroatoms. The van der Waals surface area contributed by atoms with E-state index >= 15 is 0 Å². The molecular formula is C18H16N2O3. The fraction of sp³-hybridized carbons (Fsp3) is 0.111. The Labute approximate surface area is 133 Å². The summed E-state index contributed by atoms with van der Waals surface area (Å²) >= 11 is 0. The van der Waals surface area contributed by atoms with Crippen molar-refractivity contribution in [2.75, 3.05) is 12.4 Å². The van der Waals surface area contributed by atoms with Gasteiger partial charge >= 0.3 is 5.97 Å². The van der Waals surface area contributed by atoms with E-state index in [1.54, 1.807) is 24.3 Å². The number of methoxy groups -OCH3 is 1. The predicted molar refractivity (Wildman–Crippen MR) is 88.4 cm³/mol. The average molecular weight is 308 g/mol. The summed E-state index contributed by atoms with van der Waals surface area (Å²) in [6.45, 7) is 0. The molecule has 0 fully saturated rings. The summed E-state index contributed by atoms with van der Waals surface area (Å²) in [7, 11) is 1.32. The number of rotatable bonds is 4. The number of hydrogen-bond acceptors (Lipinski definition) is 3. The first-order valence-corrected chi connectivity index (χ1v) is 7.20. The first-order valence-electron chi connectivity index (χ1n) is 7.20. The van der Waals surface area contributed by atoms with Gasteiger partial charge in [0.2, 0.25) is 5.91 Å². The Morgan fingerprint density at radius 2 is 1.96 bits per heavy atom. The van der Waals surface area contributed by atoms with Gasteiger partial charge in [0.25, 0.3) is 0 Å². The monoisotopic (exact) mass is 308 g/mol. The number of esters is 1. The molecule has 0 unspecified atom stereocenters. The van der Waals surface area contributed by atoms with Gasteiger partial charge in [-0.2, -0.15) is 0 Å². The van der Waals surface area contributed by atoms with Crippen LogP contribution in [0.2, 0.25) is 0 Å². The van der Waals surface area contributed by atoms with Crippen LogP contribution in [0.15, 0.2) is 54.7 Å². The second kappa shape index (κ2) is 6.36. The van der Waals surface area contributed by atoms with Gasteiger partial charge in [-0.1, -0.05) is 24.3 Å². The molecule has 0 atom stereocenters. The van der Waals surface area contributed by atoms with Crippen LogP contribution >= 0.6 is 0 Å². The minimum absolute atomic E-state index is 0.142. The molecule has 1 amide bonds. The van der Waals surface area contributed by atoms with Gasteiger partial charge < -0.3 is 15.0 Å². The van der Waals surface area contributed by atoms with Crippen molar-refractivity contribution in [3.05, 3.63) is 65.9 Å². The van der Waals surface area contributed by atoms with Crippen LogP contribution in [0.5, 0.6) is 0 Å². The van der Waals surface area contributed by atoms with Crippen LogP contribution in [0.25, 0.3) is 10.9 Å². The summed E-state index contributed by atoms with van der Waals surface area (Å²) in [4.78, 5) is 26.9. The Hall–Kier alpha value is -3.08. The quantitative estimate of drug-likeness (QED) is 0.727. The van der Waals surface area contributed by atoms with E-state index in [9.17, 15) is 9.59 Å². The maximum atomic E-state index is 12.2. The van der Waals surface area contributed by atoms with Crippen molar-refractivity contribution in [1.82, 2.24) is 4.98 Å². The highest BCUT2D eigenvalue weighted by molar-refractivity contribution is 5.97. The van der Waals surface area contributed by atoms with E-state index in [-0.39, 0.29) is 12.3 Å². The van der Waals surface area contributed by atoms with Crippen molar-refractivity contribution < 1.29 is 14.3 Å². The second-order valence-electron chi connectivity index (χ2n) is 5.16. The van der Waals surface area contributed by atoms with Gasteiger partial charge in [0, 0.05) is 22.8 Å². The van der Waals surface area contributed by atoms with Crippen LogP contribution in [0.3, 0.4) is 0 Å². The highest BCUT2D eigenvalue weighted by Gasteiger charge is 2.10. The Bertz CT molecular complexity index is 867. The van der Waals surface area contributed by atoms with Crippen LogP contribution in [-0.4, -0.2) is 24.0 Å². The number of hydrogen-bond donors (Lipinski definition) is 2. The van der Waals surface area contributed by atoms with Gasteiger partial charge in [0.1, 0.15) is 0 Å². The smallest absolute Gasteiger partial charge is 0.337 e. The number of anilines is 1. The molecule has 0 spiro atoms. The number of nitrogens with one attached hydrogen (secondary N) is 2. The Balaban J connectivity index is 1.73. The molecule has 1 aromatic heterocycles. The van der Waals surface area contributed by atoms with Gasteiger partial charge in [-0.15, -0.1) is 0 Å². The lowest BCUT2D eigenvalue weighted by Gasteiger charge is -2.06. The number of carbonyl (C=O) groups is 2. The summed E-state index contributed by atoms with van der Waals surface area (Å²) < 4.78 is 4.67. The lowest BCUT2D eigenvalue weighted by Crippen LogP contribution is -2.14. The number of fused-ring (bicyclic) bond motifs is 1. The third-order valence-corrected chi connectivity index (χ3v) is 3.59. The zero-order chi connectivity index (χ0) is 16.2. The van der Waals surface area contributed by atoms with Gasteiger partial charge in [0.05, 0.1) is 19.1 Å². The van der Waals surface area contributed by atoms with Crippen LogP contribution in [0, 0.1) is 0 Å². The topological polar surface area (TPSA) is 71.2 Å². The normalized spacial score (nSPS) is 10.5. The second-order valence-corrected chi connectivity index (χ2v) is 5.16. The van der Waals surface area contributed by atoms with Gasteiger partial charge in [-0.05, 0) is 29.8 Å². The fourth-order valence-corrected chi connectivity index (χ4v) is 2.50. The fourth-order valence-electron chi connectivity index (χ4n) is 2.50. The van der Waals surface area contributed by atoms with E-state index in [1.165, 1.54) is 7.11 Å². The molecule has 0 aliphatic rings. The number of H-pyrrole nitrogens is 1. The first-order chi connectivity index (χ1) is 11.2. The average Bonchev–Trinajstić information content (AvgIpc) is 2.97. The summed E-state index contributed by atoms with van der Waals surface area (Å²) in [5.41, 5.74) is 2.90. The Morgan fingerprint density at radius 1 is 1.13 bits per heavy atom. The molecule has 0 aliphatic carbocycles. The van der Waals surface area contributed by atoms with Crippen molar-refractivity contribution in [3.8, 4) is 0 Å². The van der Waals surface area contributed by atoms with Crippen LogP contribution in [0.1, 0.15) is 15.9 Å². The Kier molecular flexibility index (Phi) is 4.10. The first kappa shape index (κ1) is 14.8. The lowest BCUT2D eigenvalue weighted by molar-refractivity contribution is -0.115. The molecule has 0 bridgehead atoms. The molecule has 5 nitrogen and oxygen atoms in total. The predicted octanol–water partition coefficient (Wildman–Crippen LogP) is 3.14. The van der Waals surface area contributed by atoms with Crippen molar-refractivity contribution in [2.45, 2.75) is 6.42 Å². The third-order valence-electron chi connectivity index (χ3n) is 3.59. The summed E-state index contributed by atoms with van der Waals surface area (Å²) in [5, 5.41) is 3.84. The molecule has 116 valence electrons. The van der Waals surface area contributed by atoms with Gasteiger partial charge in [-0.3, -0.25) is 4.79 Å². The summed E-state index contributed by atoms with van der Waals surface area (Å²) in [5.74, 6) is -0.575. The summed E-state index contributed by atoms with van der Waals surface area (Å²) in [6.07, 6.45) is 2.10. The van der Waals surface area contributed by atoms with Gasteiger partial charge in [-0.25, -0.2) is 4.79 Å². The summed E-state index contributed by atoms with van der Waals surface area (Å²) in [6, 6.07) is 14.5. The van der Waals surface area contributed by atoms with Crippen molar-refractivity contribution in [2.24, 2.45) is 0 Å². The van der Waals surface area contributed by atoms with Crippen molar-refractivity contribution in [3.63, 3.8) is 0 Å². The largest absolute Gasteiger partial charge is 0.465 e. The van der Waals surface area contributed by atoms with Crippen LogP contribution < -0.4 is 5.32 Å². The molecule has 23 heavy (non-hydrogen) atoms. The van der Waals surface area contributed by atoms with Crippen LogP contribution in [-0.2, 0) is 16.0 Å². The number of amides is 1. The zero-order valence-electron chi connectivity index (χ0n) is 12.6. The molecule has 2 N–H and O–H groups in total. The molecule has 3 rings (SSSR count). The molecule has 1 heterocycles. The van der Waals surface area contributed by atoms with E-state index in [2.05, 4.69) is 15.0 Å². The number of carbonyl (C=O) groups excluding carboxylic acids is 2. The molecule has 0 saturated carbocycles. The lowest BCUT2D eigenvalue weighted by atomic mass is 10.1. The number of para-hydroxylation sites is 1. The van der Waals surface area contributed by atoms with E-state index in [4.69, 9.17) is 0 Å². The molecular weight excluding hydrogens is 292 g/mol. The number of benzene rings is 2. The van der Waals surface area contributed by atoms with Crippen molar-refractivity contribution >= 4 is 28.5 Å². The number of aromatic amines is 1. The molecule has 3 aromatic rings. The zero-order valence-corrected chi connectivity index (χ0v) is 12.6. The molecule has 2 aromatic carbocycles. The molecule has 0 radical (unpaired) electrons. The molecule has 0 saturated heterocycles. The van der Waals surface area contributed by atoms with E-state index in [1.807, 2.05) is 30.5 Å². The van der Waals surface area contributed by atoms with E-state index in [0.717, 1.165) is 16.5 Å². The van der Waals surface area contributed by atoms with Gasteiger partial charge in [0.15, 0.2) is 0 Å².